The summed E-state index contributed by atoms with van der Waals surface area (Å²) in [5.41, 5.74) is 8.67. The molecule has 154 valence electrons. The van der Waals surface area contributed by atoms with Crippen molar-refractivity contribution in [2.75, 3.05) is 7.11 Å². The summed E-state index contributed by atoms with van der Waals surface area (Å²) in [4.78, 5) is 11.8. The Morgan fingerprint density at radius 1 is 1.07 bits per heavy atom. The lowest BCUT2D eigenvalue weighted by atomic mass is 9.87. The molecule has 1 heterocycles. The number of alkyl halides is 2. The number of rotatable bonds is 6. The Morgan fingerprint density at radius 2 is 1.83 bits per heavy atom. The number of hydrogen-bond donors (Lipinski definition) is 1. The Bertz CT molecular complexity index is 1070. The van der Waals surface area contributed by atoms with Crippen LogP contribution in [-0.2, 0) is 9.53 Å². The maximum atomic E-state index is 13.0. The van der Waals surface area contributed by atoms with E-state index >= 15 is 0 Å². The van der Waals surface area contributed by atoms with E-state index in [1.807, 2.05) is 30.3 Å². The molecule has 1 amide bonds. The highest BCUT2D eigenvalue weighted by Crippen LogP contribution is 2.49. The van der Waals surface area contributed by atoms with Crippen LogP contribution in [0.3, 0.4) is 0 Å². The molecule has 2 N–H and O–H groups in total. The summed E-state index contributed by atoms with van der Waals surface area (Å²) in [6.07, 6.45) is -1.46. The number of primary amides is 1. The predicted octanol–water partition coefficient (Wildman–Crippen LogP) is 4.61. The van der Waals surface area contributed by atoms with E-state index in [1.165, 1.54) is 13.2 Å². The second kappa shape index (κ2) is 8.12. The standard InChI is InChI=1S/C23H19F2NO4/c1-28-21(22(26)27)14-10-11-15-16(12-14)20(13-6-3-2-4-7-13)29-17-8-5-9-18(19(15)17)30-23(24)25/h2-12,20-21,23H,1H3,(H2,26,27). The van der Waals surface area contributed by atoms with E-state index in [2.05, 4.69) is 0 Å². The third-order valence-electron chi connectivity index (χ3n) is 4.98. The topological polar surface area (TPSA) is 70.8 Å². The molecule has 4 rings (SSSR count). The molecule has 2 unspecified atom stereocenters. The van der Waals surface area contributed by atoms with Crippen LogP contribution in [0.5, 0.6) is 11.5 Å². The van der Waals surface area contributed by atoms with Gasteiger partial charge >= 0.3 is 6.61 Å². The first-order chi connectivity index (χ1) is 14.5. The first kappa shape index (κ1) is 19.8. The molecule has 0 radical (unpaired) electrons. The van der Waals surface area contributed by atoms with Crippen LogP contribution in [0.15, 0.2) is 66.7 Å². The third kappa shape index (κ3) is 3.59. The Kier molecular flexibility index (Phi) is 5.37. The molecule has 3 aromatic carbocycles. The summed E-state index contributed by atoms with van der Waals surface area (Å²) in [5, 5.41) is 0. The lowest BCUT2D eigenvalue weighted by Gasteiger charge is -2.31. The van der Waals surface area contributed by atoms with Crippen molar-refractivity contribution in [1.29, 1.82) is 0 Å². The number of amides is 1. The van der Waals surface area contributed by atoms with Crippen molar-refractivity contribution in [2.24, 2.45) is 5.73 Å². The average Bonchev–Trinajstić information content (AvgIpc) is 2.73. The van der Waals surface area contributed by atoms with Crippen LogP contribution in [0.2, 0.25) is 0 Å². The molecule has 1 aliphatic heterocycles. The van der Waals surface area contributed by atoms with Gasteiger partial charge in [-0.05, 0) is 34.9 Å². The minimum Gasteiger partial charge on any atom is -0.480 e. The zero-order chi connectivity index (χ0) is 21.3. The van der Waals surface area contributed by atoms with Crippen molar-refractivity contribution in [1.82, 2.24) is 0 Å². The first-order valence-electron chi connectivity index (χ1n) is 9.25. The van der Waals surface area contributed by atoms with Gasteiger partial charge in [0.25, 0.3) is 5.91 Å². The highest BCUT2D eigenvalue weighted by molar-refractivity contribution is 5.84. The summed E-state index contributed by atoms with van der Waals surface area (Å²) >= 11 is 0. The van der Waals surface area contributed by atoms with E-state index < -0.39 is 24.7 Å². The molecule has 1 aliphatic rings. The second-order valence-electron chi connectivity index (χ2n) is 6.78. The van der Waals surface area contributed by atoms with Gasteiger partial charge in [0.2, 0.25) is 0 Å². The molecule has 0 saturated heterocycles. The fourth-order valence-corrected chi connectivity index (χ4v) is 3.74. The fraction of sp³-hybridized carbons (Fsp3) is 0.174. The molecule has 0 fully saturated rings. The summed E-state index contributed by atoms with van der Waals surface area (Å²) in [5.74, 6) is -0.186. The van der Waals surface area contributed by atoms with Crippen molar-refractivity contribution in [3.63, 3.8) is 0 Å². The summed E-state index contributed by atoms with van der Waals surface area (Å²) in [6, 6.07) is 19.5. The molecular formula is C23H19F2NO4. The number of carbonyl (C=O) groups excluding carboxylic acids is 1. The number of ether oxygens (including phenoxy) is 3. The molecule has 7 heteroatoms. The molecule has 5 nitrogen and oxygen atoms in total. The van der Waals surface area contributed by atoms with E-state index in [0.717, 1.165) is 5.56 Å². The third-order valence-corrected chi connectivity index (χ3v) is 4.98. The van der Waals surface area contributed by atoms with E-state index in [4.69, 9.17) is 19.9 Å². The summed E-state index contributed by atoms with van der Waals surface area (Å²) in [6.45, 7) is -2.97. The highest BCUT2D eigenvalue weighted by Gasteiger charge is 2.31. The first-order valence-corrected chi connectivity index (χ1v) is 9.25. The van der Waals surface area contributed by atoms with Gasteiger partial charge < -0.3 is 19.9 Å². The van der Waals surface area contributed by atoms with E-state index in [9.17, 15) is 13.6 Å². The smallest absolute Gasteiger partial charge is 0.387 e. The fourth-order valence-electron chi connectivity index (χ4n) is 3.74. The second-order valence-corrected chi connectivity index (χ2v) is 6.78. The van der Waals surface area contributed by atoms with Gasteiger partial charge in [-0.2, -0.15) is 8.78 Å². The summed E-state index contributed by atoms with van der Waals surface area (Å²) < 4.78 is 42.1. The molecule has 0 aliphatic carbocycles. The zero-order valence-electron chi connectivity index (χ0n) is 16.0. The van der Waals surface area contributed by atoms with Crippen LogP contribution in [0, 0.1) is 0 Å². The van der Waals surface area contributed by atoms with Crippen molar-refractivity contribution < 1.29 is 27.8 Å². The minimum atomic E-state index is -2.97. The van der Waals surface area contributed by atoms with Crippen LogP contribution in [0.4, 0.5) is 8.78 Å². The molecule has 0 spiro atoms. The zero-order valence-corrected chi connectivity index (χ0v) is 16.0. The summed E-state index contributed by atoms with van der Waals surface area (Å²) in [7, 11) is 1.39. The molecule has 0 bridgehead atoms. The van der Waals surface area contributed by atoms with Crippen LogP contribution in [0.1, 0.15) is 28.9 Å². The highest BCUT2D eigenvalue weighted by atomic mass is 19.3. The quantitative estimate of drug-likeness (QED) is 0.643. The Balaban J connectivity index is 1.92. The minimum absolute atomic E-state index is 0.0150. The van der Waals surface area contributed by atoms with Gasteiger partial charge in [0.1, 0.15) is 17.6 Å². The maximum Gasteiger partial charge on any atom is 0.387 e. The number of halogens is 2. The molecule has 0 saturated carbocycles. The van der Waals surface area contributed by atoms with Gasteiger partial charge in [-0.25, -0.2) is 0 Å². The van der Waals surface area contributed by atoms with Gasteiger partial charge in [-0.1, -0.05) is 48.5 Å². The SMILES string of the molecule is COC(C(N)=O)c1ccc2c(c1)C(c1ccccc1)Oc1cccc(OC(F)F)c1-2. The molecule has 0 aromatic heterocycles. The van der Waals surface area contributed by atoms with Gasteiger partial charge in [-0.3, -0.25) is 4.79 Å². The van der Waals surface area contributed by atoms with Crippen LogP contribution < -0.4 is 15.2 Å². The van der Waals surface area contributed by atoms with Gasteiger partial charge in [0.15, 0.2) is 6.10 Å². The largest absolute Gasteiger partial charge is 0.480 e. The average molecular weight is 411 g/mol. The number of benzene rings is 3. The number of carbonyl (C=O) groups is 1. The molecule has 2 atom stereocenters. The normalized spacial score (nSPS) is 15.7. The van der Waals surface area contributed by atoms with E-state index in [1.54, 1.807) is 30.3 Å². The monoisotopic (exact) mass is 411 g/mol. The van der Waals surface area contributed by atoms with Crippen LogP contribution >= 0.6 is 0 Å². The van der Waals surface area contributed by atoms with Crippen molar-refractivity contribution >= 4 is 5.91 Å². The van der Waals surface area contributed by atoms with Gasteiger partial charge in [0.05, 0.1) is 5.56 Å². The van der Waals surface area contributed by atoms with Gasteiger partial charge in [-0.15, -0.1) is 0 Å². The predicted molar refractivity (Wildman–Crippen MR) is 106 cm³/mol. The van der Waals surface area contributed by atoms with Crippen molar-refractivity contribution in [3.05, 3.63) is 83.4 Å². The Hall–Kier alpha value is -3.45. The van der Waals surface area contributed by atoms with Crippen molar-refractivity contribution in [2.45, 2.75) is 18.8 Å². The number of methoxy groups -OCH3 is 1. The molecule has 30 heavy (non-hydrogen) atoms. The lowest BCUT2D eigenvalue weighted by Crippen LogP contribution is -2.24. The van der Waals surface area contributed by atoms with Gasteiger partial charge in [0, 0.05) is 12.7 Å². The molecule has 3 aromatic rings. The number of hydrogen-bond acceptors (Lipinski definition) is 4. The Morgan fingerprint density at radius 3 is 2.50 bits per heavy atom. The maximum absolute atomic E-state index is 13.0. The van der Waals surface area contributed by atoms with E-state index in [-0.39, 0.29) is 5.75 Å². The lowest BCUT2D eigenvalue weighted by molar-refractivity contribution is -0.128. The van der Waals surface area contributed by atoms with Crippen LogP contribution in [-0.4, -0.2) is 19.6 Å². The number of fused-ring (bicyclic) bond motifs is 3. The number of nitrogens with two attached hydrogens (primary N) is 1. The van der Waals surface area contributed by atoms with E-state index in [0.29, 0.717) is 28.0 Å². The Labute approximate surface area is 172 Å². The molecular weight excluding hydrogens is 392 g/mol. The van der Waals surface area contributed by atoms with Crippen molar-refractivity contribution in [3.8, 4) is 22.6 Å². The van der Waals surface area contributed by atoms with Crippen LogP contribution in [0.25, 0.3) is 11.1 Å².